The summed E-state index contributed by atoms with van der Waals surface area (Å²) in [5.74, 6) is 1.19. The van der Waals surface area contributed by atoms with Gasteiger partial charge in [-0.2, -0.15) is 0 Å². The first-order valence-electron chi connectivity index (χ1n) is 9.24. The lowest BCUT2D eigenvalue weighted by Crippen LogP contribution is -2.36. The highest BCUT2D eigenvalue weighted by Gasteiger charge is 2.27. The topological polar surface area (TPSA) is 62.2 Å². The Bertz CT molecular complexity index is 1040. The summed E-state index contributed by atoms with van der Waals surface area (Å²) in [6, 6.07) is 7.98. The minimum Gasteiger partial charge on any atom is -0.504 e. The van der Waals surface area contributed by atoms with E-state index in [1.54, 1.807) is 13.2 Å². The zero-order valence-electron chi connectivity index (χ0n) is 16.2. The van der Waals surface area contributed by atoms with Crippen LogP contribution >= 0.6 is 0 Å². The number of hydrogen-bond donors (Lipinski definition) is 2. The number of rotatable bonds is 3. The van der Waals surface area contributed by atoms with Crippen molar-refractivity contribution < 1.29 is 19.7 Å². The lowest BCUT2D eigenvalue weighted by molar-refractivity contribution is 0.200. The minimum atomic E-state index is 0.0954. The van der Waals surface area contributed by atoms with Crippen LogP contribution in [0.15, 0.2) is 24.3 Å². The van der Waals surface area contributed by atoms with Gasteiger partial charge in [-0.05, 0) is 54.1 Å². The van der Waals surface area contributed by atoms with Gasteiger partial charge in [0.15, 0.2) is 23.0 Å². The van der Waals surface area contributed by atoms with Crippen molar-refractivity contribution in [3.05, 3.63) is 35.4 Å². The Morgan fingerprint density at radius 3 is 2.44 bits per heavy atom. The lowest BCUT2D eigenvalue weighted by Gasteiger charge is -2.33. The van der Waals surface area contributed by atoms with Crippen molar-refractivity contribution >= 4 is 21.5 Å². The molecule has 0 fully saturated rings. The molecule has 27 heavy (non-hydrogen) atoms. The van der Waals surface area contributed by atoms with E-state index >= 15 is 0 Å². The number of phenolic OH excluding ortho intramolecular Hbond substituents is 2. The van der Waals surface area contributed by atoms with Crippen LogP contribution < -0.4 is 9.47 Å². The summed E-state index contributed by atoms with van der Waals surface area (Å²) in [5, 5.41) is 24.9. The van der Waals surface area contributed by atoms with Crippen molar-refractivity contribution in [3.8, 4) is 23.0 Å². The van der Waals surface area contributed by atoms with Crippen LogP contribution in [0.2, 0.25) is 0 Å². The van der Waals surface area contributed by atoms with E-state index in [4.69, 9.17) is 9.47 Å². The average molecular weight is 367 g/mol. The zero-order valence-corrected chi connectivity index (χ0v) is 16.2. The monoisotopic (exact) mass is 367 g/mol. The molecule has 1 aliphatic rings. The van der Waals surface area contributed by atoms with E-state index < -0.39 is 0 Å². The summed E-state index contributed by atoms with van der Waals surface area (Å²) >= 11 is 0. The summed E-state index contributed by atoms with van der Waals surface area (Å²) in [6.45, 7) is 6.02. The Labute approximate surface area is 158 Å². The molecule has 3 aromatic rings. The van der Waals surface area contributed by atoms with E-state index in [1.165, 1.54) is 12.7 Å². The van der Waals surface area contributed by atoms with Crippen LogP contribution in [-0.4, -0.2) is 41.9 Å². The van der Waals surface area contributed by atoms with Crippen molar-refractivity contribution in [2.45, 2.75) is 32.9 Å². The number of ether oxygens (including phenoxy) is 2. The number of nitrogens with zero attached hydrogens (tertiary/aromatic N) is 1. The molecule has 3 aromatic carbocycles. The number of hydrogen-bond acceptors (Lipinski definition) is 5. The Balaban J connectivity index is 2.08. The van der Waals surface area contributed by atoms with E-state index in [9.17, 15) is 10.2 Å². The molecule has 5 heteroatoms. The number of fused-ring (bicyclic) bond motifs is 5. The number of aromatic hydroxyl groups is 2. The molecular formula is C22H25NO4. The van der Waals surface area contributed by atoms with Gasteiger partial charge in [0, 0.05) is 30.1 Å². The molecule has 5 nitrogen and oxygen atoms in total. The van der Waals surface area contributed by atoms with Gasteiger partial charge in [-0.25, -0.2) is 0 Å². The smallest absolute Gasteiger partial charge is 0.169 e. The van der Waals surface area contributed by atoms with Gasteiger partial charge in [-0.3, -0.25) is 4.90 Å². The van der Waals surface area contributed by atoms with Crippen LogP contribution in [0.5, 0.6) is 23.0 Å². The summed E-state index contributed by atoms with van der Waals surface area (Å²) in [4.78, 5) is 2.36. The molecule has 0 amide bonds. The summed E-state index contributed by atoms with van der Waals surface area (Å²) in [6.07, 6.45) is 0.877. The van der Waals surface area contributed by atoms with Gasteiger partial charge in [0.25, 0.3) is 0 Å². The van der Waals surface area contributed by atoms with Crippen LogP contribution in [0.25, 0.3) is 21.5 Å². The molecule has 0 saturated carbocycles. The average Bonchev–Trinajstić information content (AvgIpc) is 2.67. The molecule has 1 aliphatic heterocycles. The maximum Gasteiger partial charge on any atom is 0.169 e. The van der Waals surface area contributed by atoms with Crippen molar-refractivity contribution in [3.63, 3.8) is 0 Å². The van der Waals surface area contributed by atoms with Gasteiger partial charge < -0.3 is 19.7 Å². The summed E-state index contributed by atoms with van der Waals surface area (Å²) in [5.41, 5.74) is 2.12. The molecule has 0 aromatic heterocycles. The van der Waals surface area contributed by atoms with Crippen molar-refractivity contribution in [2.24, 2.45) is 0 Å². The maximum atomic E-state index is 11.0. The molecule has 0 radical (unpaired) electrons. The van der Waals surface area contributed by atoms with Crippen LogP contribution in [-0.2, 0) is 13.0 Å². The molecular weight excluding hydrogens is 342 g/mol. The van der Waals surface area contributed by atoms with Crippen molar-refractivity contribution in [1.29, 1.82) is 0 Å². The maximum absolute atomic E-state index is 11.0. The van der Waals surface area contributed by atoms with E-state index in [0.717, 1.165) is 40.1 Å². The summed E-state index contributed by atoms with van der Waals surface area (Å²) in [7, 11) is 3.11. The first-order valence-corrected chi connectivity index (χ1v) is 9.24. The highest BCUT2D eigenvalue weighted by molar-refractivity contribution is 6.14. The first kappa shape index (κ1) is 17.7. The lowest BCUT2D eigenvalue weighted by atomic mass is 9.89. The highest BCUT2D eigenvalue weighted by Crippen LogP contribution is 2.47. The fourth-order valence-electron chi connectivity index (χ4n) is 4.19. The van der Waals surface area contributed by atoms with Crippen LogP contribution in [0, 0.1) is 0 Å². The molecule has 142 valence electrons. The predicted molar refractivity (Wildman–Crippen MR) is 107 cm³/mol. The molecule has 1 heterocycles. The Morgan fingerprint density at radius 2 is 1.78 bits per heavy atom. The predicted octanol–water partition coefficient (Wildman–Crippen LogP) is 4.19. The zero-order chi connectivity index (χ0) is 19.3. The number of benzene rings is 3. The van der Waals surface area contributed by atoms with E-state index in [0.29, 0.717) is 24.1 Å². The summed E-state index contributed by atoms with van der Waals surface area (Å²) < 4.78 is 11.0. The second-order valence-electron chi connectivity index (χ2n) is 7.39. The van der Waals surface area contributed by atoms with Crippen LogP contribution in [0.4, 0.5) is 0 Å². The third-order valence-electron chi connectivity index (χ3n) is 5.68. The van der Waals surface area contributed by atoms with E-state index in [1.807, 2.05) is 12.1 Å². The Kier molecular flexibility index (Phi) is 4.27. The third-order valence-corrected chi connectivity index (χ3v) is 5.68. The normalized spacial score (nSPS) is 14.7. The van der Waals surface area contributed by atoms with E-state index in [2.05, 4.69) is 24.8 Å². The Morgan fingerprint density at radius 1 is 1.00 bits per heavy atom. The molecule has 0 spiro atoms. The molecule has 0 unspecified atom stereocenters. The number of phenols is 2. The molecule has 0 bridgehead atoms. The SMILES string of the molecule is COc1cc2c(ccc3c4c(c(O)c(OC)c32)CN(C(C)C)CC4)cc1O. The van der Waals surface area contributed by atoms with Crippen molar-refractivity contribution in [2.75, 3.05) is 20.8 Å². The second-order valence-corrected chi connectivity index (χ2v) is 7.39. The fraction of sp³-hybridized carbons (Fsp3) is 0.364. The highest BCUT2D eigenvalue weighted by atomic mass is 16.5. The fourth-order valence-corrected chi connectivity index (χ4v) is 4.19. The van der Waals surface area contributed by atoms with Gasteiger partial charge in [0.2, 0.25) is 0 Å². The number of methoxy groups -OCH3 is 2. The van der Waals surface area contributed by atoms with Gasteiger partial charge >= 0.3 is 0 Å². The van der Waals surface area contributed by atoms with Gasteiger partial charge in [-0.1, -0.05) is 12.1 Å². The molecule has 2 N–H and O–H groups in total. The quantitative estimate of drug-likeness (QED) is 0.680. The van der Waals surface area contributed by atoms with Gasteiger partial charge in [-0.15, -0.1) is 0 Å². The Hall–Kier alpha value is -2.66. The molecule has 0 atom stereocenters. The molecule has 0 aliphatic carbocycles. The largest absolute Gasteiger partial charge is 0.504 e. The van der Waals surface area contributed by atoms with Crippen molar-refractivity contribution in [1.82, 2.24) is 4.90 Å². The van der Waals surface area contributed by atoms with Crippen LogP contribution in [0.3, 0.4) is 0 Å². The van der Waals surface area contributed by atoms with Crippen LogP contribution in [0.1, 0.15) is 25.0 Å². The van der Waals surface area contributed by atoms with Gasteiger partial charge in [0.05, 0.1) is 14.2 Å². The molecule has 0 saturated heterocycles. The van der Waals surface area contributed by atoms with E-state index in [-0.39, 0.29) is 11.5 Å². The first-order chi connectivity index (χ1) is 13.0. The second kappa shape index (κ2) is 6.50. The van der Waals surface area contributed by atoms with Gasteiger partial charge in [0.1, 0.15) is 0 Å². The third kappa shape index (κ3) is 2.65. The standard InChI is InChI=1S/C22H25NO4/c1-12(2)23-8-7-14-15-6-5-13-9-18(24)19(26-3)10-16(13)20(15)22(27-4)21(25)17(14)11-23/h5-6,9-10,12,24-25H,7-8,11H2,1-4H3. The molecule has 4 rings (SSSR count). The minimum absolute atomic E-state index is 0.0954.